The molecule has 6 heteroatoms. The molecule has 25 heavy (non-hydrogen) atoms. The lowest BCUT2D eigenvalue weighted by molar-refractivity contribution is 0.125. The van der Waals surface area contributed by atoms with Crippen LogP contribution >= 0.6 is 24.0 Å². The van der Waals surface area contributed by atoms with Crippen LogP contribution in [0.3, 0.4) is 0 Å². The average Bonchev–Trinajstić information content (AvgIpc) is 2.59. The second kappa shape index (κ2) is 11.8. The average molecular weight is 457 g/mol. The van der Waals surface area contributed by atoms with Gasteiger partial charge in [0.1, 0.15) is 5.82 Å². The van der Waals surface area contributed by atoms with Gasteiger partial charge in [0.2, 0.25) is 0 Å². The fourth-order valence-electron chi connectivity index (χ4n) is 2.37. The molecular formula is C19H25FIN3O. The van der Waals surface area contributed by atoms with Gasteiger partial charge in [-0.1, -0.05) is 42.5 Å². The van der Waals surface area contributed by atoms with Crippen molar-refractivity contribution in [2.45, 2.75) is 13.2 Å². The molecule has 0 aliphatic heterocycles. The van der Waals surface area contributed by atoms with Crippen LogP contribution in [-0.2, 0) is 17.9 Å². The zero-order chi connectivity index (χ0) is 17.2. The number of hydrogen-bond donors (Lipinski definition) is 1. The zero-order valence-electron chi connectivity index (χ0n) is 14.6. The lowest BCUT2D eigenvalue weighted by Crippen LogP contribution is -2.39. The van der Waals surface area contributed by atoms with Gasteiger partial charge in [0.05, 0.1) is 13.2 Å². The summed E-state index contributed by atoms with van der Waals surface area (Å²) in [5, 5.41) is 3.25. The number of rotatable bonds is 7. The summed E-state index contributed by atoms with van der Waals surface area (Å²) in [5.41, 5.74) is 2.06. The minimum Gasteiger partial charge on any atom is -0.375 e. The fourth-order valence-corrected chi connectivity index (χ4v) is 2.37. The van der Waals surface area contributed by atoms with Crippen molar-refractivity contribution < 1.29 is 9.13 Å². The summed E-state index contributed by atoms with van der Waals surface area (Å²) in [7, 11) is 3.65. The van der Waals surface area contributed by atoms with E-state index in [1.54, 1.807) is 13.1 Å². The van der Waals surface area contributed by atoms with Crippen LogP contribution in [0.5, 0.6) is 0 Å². The number of nitrogens with zero attached hydrogens (tertiary/aromatic N) is 2. The summed E-state index contributed by atoms with van der Waals surface area (Å²) in [6, 6.07) is 16.7. The third-order valence-corrected chi connectivity index (χ3v) is 3.52. The van der Waals surface area contributed by atoms with Crippen LogP contribution < -0.4 is 5.32 Å². The van der Waals surface area contributed by atoms with Crippen LogP contribution in [0, 0.1) is 5.82 Å². The highest BCUT2D eigenvalue weighted by atomic mass is 127. The van der Waals surface area contributed by atoms with Crippen LogP contribution in [0.2, 0.25) is 0 Å². The Kier molecular flexibility index (Phi) is 10.1. The molecule has 0 spiro atoms. The predicted molar refractivity (Wildman–Crippen MR) is 111 cm³/mol. The second-order valence-electron chi connectivity index (χ2n) is 5.50. The third-order valence-electron chi connectivity index (χ3n) is 3.52. The molecule has 0 amide bonds. The van der Waals surface area contributed by atoms with Crippen LogP contribution in [0.4, 0.5) is 4.39 Å². The topological polar surface area (TPSA) is 36.9 Å². The monoisotopic (exact) mass is 457 g/mol. The van der Waals surface area contributed by atoms with Gasteiger partial charge in [0.15, 0.2) is 5.96 Å². The number of halogens is 2. The molecule has 0 unspecified atom stereocenters. The summed E-state index contributed by atoms with van der Waals surface area (Å²) in [6.07, 6.45) is 0. The molecule has 2 rings (SSSR count). The van der Waals surface area contributed by atoms with Crippen LogP contribution in [0.1, 0.15) is 11.1 Å². The molecule has 0 bridgehead atoms. The largest absolute Gasteiger partial charge is 0.375 e. The van der Waals surface area contributed by atoms with Crippen LogP contribution in [-0.4, -0.2) is 38.1 Å². The molecule has 4 nitrogen and oxygen atoms in total. The van der Waals surface area contributed by atoms with E-state index in [1.807, 2.05) is 48.3 Å². The maximum Gasteiger partial charge on any atom is 0.193 e. The van der Waals surface area contributed by atoms with E-state index in [9.17, 15) is 4.39 Å². The van der Waals surface area contributed by atoms with E-state index in [0.29, 0.717) is 26.3 Å². The number of benzene rings is 2. The first-order chi connectivity index (χ1) is 11.7. The minimum atomic E-state index is -0.224. The maximum atomic E-state index is 13.2. The fraction of sp³-hybridized carbons (Fsp3) is 0.316. The summed E-state index contributed by atoms with van der Waals surface area (Å²) in [6.45, 7) is 2.43. The van der Waals surface area contributed by atoms with E-state index >= 15 is 0 Å². The van der Waals surface area contributed by atoms with Crippen molar-refractivity contribution in [2.24, 2.45) is 4.99 Å². The molecule has 0 aliphatic carbocycles. The van der Waals surface area contributed by atoms with E-state index in [2.05, 4.69) is 10.3 Å². The molecule has 0 heterocycles. The second-order valence-corrected chi connectivity index (χ2v) is 5.50. The molecule has 0 saturated heterocycles. The van der Waals surface area contributed by atoms with E-state index in [1.165, 1.54) is 12.1 Å². The van der Waals surface area contributed by atoms with Crippen molar-refractivity contribution in [3.63, 3.8) is 0 Å². The summed E-state index contributed by atoms with van der Waals surface area (Å²) < 4.78 is 18.9. The molecule has 0 fully saturated rings. The van der Waals surface area contributed by atoms with Gasteiger partial charge in [-0.15, -0.1) is 24.0 Å². The lowest BCUT2D eigenvalue weighted by Gasteiger charge is -2.22. The molecule has 0 atom stereocenters. The predicted octanol–water partition coefficient (Wildman–Crippen LogP) is 3.67. The highest BCUT2D eigenvalue weighted by molar-refractivity contribution is 14.0. The normalized spacial score (nSPS) is 10.9. The summed E-state index contributed by atoms with van der Waals surface area (Å²) >= 11 is 0. The molecule has 0 radical (unpaired) electrons. The first-order valence-electron chi connectivity index (χ1n) is 7.97. The van der Waals surface area contributed by atoms with Gasteiger partial charge < -0.3 is 15.0 Å². The number of nitrogens with one attached hydrogen (secondary N) is 1. The van der Waals surface area contributed by atoms with E-state index < -0.39 is 0 Å². The first kappa shape index (κ1) is 21.4. The van der Waals surface area contributed by atoms with Crippen molar-refractivity contribution in [3.8, 4) is 0 Å². The minimum absolute atomic E-state index is 0. The Morgan fingerprint density at radius 2 is 1.84 bits per heavy atom. The van der Waals surface area contributed by atoms with Crippen molar-refractivity contribution in [1.82, 2.24) is 10.2 Å². The van der Waals surface area contributed by atoms with Crippen molar-refractivity contribution in [3.05, 3.63) is 71.5 Å². The third kappa shape index (κ3) is 7.83. The van der Waals surface area contributed by atoms with Gasteiger partial charge in [-0.2, -0.15) is 0 Å². The van der Waals surface area contributed by atoms with Crippen molar-refractivity contribution in [2.75, 3.05) is 27.2 Å². The highest BCUT2D eigenvalue weighted by Gasteiger charge is 2.06. The number of guanidine groups is 1. The van der Waals surface area contributed by atoms with E-state index in [-0.39, 0.29) is 29.8 Å². The molecule has 0 saturated carbocycles. The van der Waals surface area contributed by atoms with Gasteiger partial charge in [-0.3, -0.25) is 4.99 Å². The van der Waals surface area contributed by atoms with Gasteiger partial charge in [-0.05, 0) is 23.3 Å². The van der Waals surface area contributed by atoms with E-state index in [4.69, 9.17) is 4.74 Å². The Morgan fingerprint density at radius 1 is 1.12 bits per heavy atom. The van der Waals surface area contributed by atoms with E-state index in [0.717, 1.165) is 17.1 Å². The Balaban J connectivity index is 0.00000312. The molecule has 0 aromatic heterocycles. The summed E-state index contributed by atoms with van der Waals surface area (Å²) in [4.78, 5) is 6.19. The Bertz CT molecular complexity index is 652. The maximum absolute atomic E-state index is 13.2. The molecule has 2 aromatic rings. The molecule has 136 valence electrons. The lowest BCUT2D eigenvalue weighted by atomic mass is 10.2. The van der Waals surface area contributed by atoms with Crippen molar-refractivity contribution in [1.29, 1.82) is 0 Å². The Hall–Kier alpha value is -1.67. The zero-order valence-corrected chi connectivity index (χ0v) is 16.9. The van der Waals surface area contributed by atoms with Gasteiger partial charge in [-0.25, -0.2) is 4.39 Å². The molecule has 2 aromatic carbocycles. The highest BCUT2D eigenvalue weighted by Crippen LogP contribution is 2.06. The Labute approximate surface area is 166 Å². The number of ether oxygens (including phenoxy) is 1. The van der Waals surface area contributed by atoms with Gasteiger partial charge >= 0.3 is 0 Å². The Morgan fingerprint density at radius 3 is 2.52 bits per heavy atom. The van der Waals surface area contributed by atoms with Crippen molar-refractivity contribution >= 4 is 29.9 Å². The molecule has 1 N–H and O–H groups in total. The quantitative estimate of drug-likeness (QED) is 0.299. The molecular weight excluding hydrogens is 432 g/mol. The number of aliphatic imine (C=N–C) groups is 1. The van der Waals surface area contributed by atoms with Crippen LogP contribution in [0.25, 0.3) is 0 Å². The van der Waals surface area contributed by atoms with Crippen LogP contribution in [0.15, 0.2) is 59.6 Å². The molecule has 0 aliphatic rings. The standard InChI is InChI=1S/C19H24FN3O.HI/c1-21-19(23(2)14-17-9-6-10-18(20)13-17)22-11-12-24-15-16-7-4-3-5-8-16;/h3-10,13H,11-12,14-15H2,1-2H3,(H,21,22);1H. The smallest absolute Gasteiger partial charge is 0.193 e. The SMILES string of the molecule is CN=C(NCCOCc1ccccc1)N(C)Cc1cccc(F)c1.I. The number of hydrogen-bond acceptors (Lipinski definition) is 2. The van der Waals surface area contributed by atoms with Gasteiger partial charge in [0, 0.05) is 27.2 Å². The summed E-state index contributed by atoms with van der Waals surface area (Å²) in [5.74, 6) is 0.528. The van der Waals surface area contributed by atoms with Gasteiger partial charge in [0.25, 0.3) is 0 Å². The first-order valence-corrected chi connectivity index (χ1v) is 7.97.